The molecule has 1 aliphatic heterocycles. The highest BCUT2D eigenvalue weighted by Crippen LogP contribution is 2.63. The van der Waals surface area contributed by atoms with Gasteiger partial charge >= 0.3 is 0 Å². The molecule has 1 spiro atoms. The van der Waals surface area contributed by atoms with Crippen molar-refractivity contribution < 1.29 is 9.59 Å². The number of carbonyl (C=O) groups is 2. The minimum absolute atomic E-state index is 0.190. The van der Waals surface area contributed by atoms with Gasteiger partial charge in [0, 0.05) is 28.6 Å². The first-order chi connectivity index (χ1) is 26.6. The Morgan fingerprint density at radius 3 is 1.70 bits per heavy atom. The van der Waals surface area contributed by atoms with Crippen LogP contribution in [0, 0.1) is 0 Å². The van der Waals surface area contributed by atoms with Gasteiger partial charge in [0.1, 0.15) is 0 Å². The van der Waals surface area contributed by atoms with Crippen LogP contribution >= 0.6 is 0 Å². The first-order valence-corrected chi connectivity index (χ1v) is 18.2. The highest BCUT2D eigenvalue weighted by Gasteiger charge is 2.52. The molecular weight excluding hydrogens is 661 g/mol. The fraction of sp³-hybridized carbons (Fsp3) is 0.0200. The Labute approximate surface area is 312 Å². The quantitative estimate of drug-likeness (QED) is 0.137. The number of nitrogens with zero attached hydrogens (tertiary/aromatic N) is 2. The lowest BCUT2D eigenvalue weighted by atomic mass is 9.64. The van der Waals surface area contributed by atoms with Crippen LogP contribution in [0.25, 0.3) is 39.2 Å². The summed E-state index contributed by atoms with van der Waals surface area (Å²) in [6, 6.07) is 58.6. The van der Waals surface area contributed by atoms with Crippen molar-refractivity contribution in [3.63, 3.8) is 0 Å². The molecule has 8 aromatic rings. The maximum Gasteiger partial charge on any atom is 0.197 e. The fourth-order valence-electron chi connectivity index (χ4n) is 9.12. The van der Waals surface area contributed by atoms with Gasteiger partial charge in [0.05, 0.1) is 28.1 Å². The minimum Gasteiger partial charge on any atom is -0.310 e. The summed E-state index contributed by atoms with van der Waals surface area (Å²) in [5.41, 5.74) is 13.2. The van der Waals surface area contributed by atoms with Gasteiger partial charge in [-0.3, -0.25) is 14.6 Å². The smallest absolute Gasteiger partial charge is 0.197 e. The predicted molar refractivity (Wildman–Crippen MR) is 216 cm³/mol. The number of benzene rings is 7. The van der Waals surface area contributed by atoms with E-state index in [2.05, 4.69) is 114 Å². The van der Waals surface area contributed by atoms with Gasteiger partial charge in [0.2, 0.25) is 0 Å². The molecule has 0 N–H and O–H groups in total. The minimum atomic E-state index is -0.715. The fourth-order valence-corrected chi connectivity index (χ4v) is 9.12. The summed E-state index contributed by atoms with van der Waals surface area (Å²) in [5.74, 6) is -0.470. The molecule has 11 rings (SSSR count). The van der Waals surface area contributed by atoms with E-state index in [1.807, 2.05) is 66.9 Å². The van der Waals surface area contributed by atoms with E-state index in [0.717, 1.165) is 55.8 Å². The summed E-state index contributed by atoms with van der Waals surface area (Å²) in [6.45, 7) is 0. The van der Waals surface area contributed by atoms with E-state index in [1.54, 1.807) is 6.08 Å². The zero-order chi connectivity index (χ0) is 36.0. The summed E-state index contributed by atoms with van der Waals surface area (Å²) in [6.07, 6.45) is 3.63. The van der Waals surface area contributed by atoms with E-state index in [1.165, 1.54) is 22.3 Å². The molecule has 4 heteroatoms. The van der Waals surface area contributed by atoms with Gasteiger partial charge in [-0.1, -0.05) is 109 Å². The summed E-state index contributed by atoms with van der Waals surface area (Å²) >= 11 is 0. The summed E-state index contributed by atoms with van der Waals surface area (Å²) in [5, 5.41) is 1.88. The maximum atomic E-state index is 14.0. The molecular formula is C50H30N2O2. The first-order valence-electron chi connectivity index (χ1n) is 18.2. The number of carbonyl (C=O) groups excluding carboxylic acids is 2. The van der Waals surface area contributed by atoms with Gasteiger partial charge in [0.15, 0.2) is 11.6 Å². The standard InChI is InChI=1S/C50H30N2O2/c53-48-38-28-32-12-4-5-13-33(32)29-39(38)49(54)40(48)26-31-21-23-46-43(27-31)50(41-18-8-6-16-36(41)37-17-7-9-19-42(37)50)44-30-34(45-20-10-11-25-51-45)22-24-47(44)52(46)35-14-2-1-3-15-35/h1-30H. The van der Waals surface area contributed by atoms with E-state index < -0.39 is 5.41 Å². The van der Waals surface area contributed by atoms with Crippen molar-refractivity contribution >= 4 is 45.5 Å². The Kier molecular flexibility index (Phi) is 6.44. The van der Waals surface area contributed by atoms with Crippen molar-refractivity contribution in [1.82, 2.24) is 4.98 Å². The van der Waals surface area contributed by atoms with Crippen LogP contribution in [0.15, 0.2) is 182 Å². The molecule has 0 amide bonds. The number of anilines is 3. The van der Waals surface area contributed by atoms with Gasteiger partial charge in [-0.05, 0) is 116 Å². The van der Waals surface area contributed by atoms with Gasteiger partial charge in [-0.15, -0.1) is 0 Å². The van der Waals surface area contributed by atoms with Crippen molar-refractivity contribution in [2.24, 2.45) is 0 Å². The van der Waals surface area contributed by atoms with E-state index in [0.29, 0.717) is 11.1 Å². The lowest BCUT2D eigenvalue weighted by Crippen LogP contribution is -2.36. The lowest BCUT2D eigenvalue weighted by Gasteiger charge is -2.45. The molecule has 0 bridgehead atoms. The van der Waals surface area contributed by atoms with Crippen LogP contribution in [-0.4, -0.2) is 16.6 Å². The van der Waals surface area contributed by atoms with E-state index in [9.17, 15) is 9.59 Å². The average molecular weight is 691 g/mol. The van der Waals surface area contributed by atoms with Crippen molar-refractivity contribution in [3.05, 3.63) is 221 Å². The Balaban J connectivity index is 1.20. The van der Waals surface area contributed by atoms with Gasteiger partial charge in [-0.2, -0.15) is 0 Å². The predicted octanol–water partition coefficient (Wildman–Crippen LogP) is 11.5. The van der Waals surface area contributed by atoms with Crippen LogP contribution in [0.2, 0.25) is 0 Å². The maximum absolute atomic E-state index is 14.0. The number of ketones is 2. The number of allylic oxidation sites excluding steroid dienone is 1. The summed E-state index contributed by atoms with van der Waals surface area (Å²) in [7, 11) is 0. The highest BCUT2D eigenvalue weighted by atomic mass is 16.2. The largest absolute Gasteiger partial charge is 0.310 e. The molecule has 4 nitrogen and oxygen atoms in total. The Bertz CT molecular complexity index is 2820. The first kappa shape index (κ1) is 30.5. The van der Waals surface area contributed by atoms with E-state index in [-0.39, 0.29) is 17.1 Å². The second-order valence-corrected chi connectivity index (χ2v) is 14.2. The van der Waals surface area contributed by atoms with Crippen LogP contribution in [0.3, 0.4) is 0 Å². The zero-order valence-electron chi connectivity index (χ0n) is 29.0. The van der Waals surface area contributed by atoms with Crippen molar-refractivity contribution in [1.29, 1.82) is 0 Å². The van der Waals surface area contributed by atoms with Gasteiger partial charge in [0.25, 0.3) is 0 Å². The molecule has 0 saturated carbocycles. The molecule has 252 valence electrons. The number of para-hydroxylation sites is 1. The molecule has 1 aromatic heterocycles. The molecule has 2 aliphatic carbocycles. The van der Waals surface area contributed by atoms with Gasteiger partial charge in [-0.25, -0.2) is 0 Å². The molecule has 0 radical (unpaired) electrons. The molecule has 0 atom stereocenters. The number of aromatic nitrogens is 1. The number of fused-ring (bicyclic) bond motifs is 11. The molecule has 0 unspecified atom stereocenters. The third-order valence-electron chi connectivity index (χ3n) is 11.4. The average Bonchev–Trinajstić information content (AvgIpc) is 3.65. The monoisotopic (exact) mass is 690 g/mol. The van der Waals surface area contributed by atoms with Crippen molar-refractivity contribution in [2.45, 2.75) is 5.41 Å². The third kappa shape index (κ3) is 4.16. The van der Waals surface area contributed by atoms with Crippen molar-refractivity contribution in [3.8, 4) is 22.4 Å². The van der Waals surface area contributed by atoms with Crippen LogP contribution in [-0.2, 0) is 5.41 Å². The number of hydrogen-bond donors (Lipinski definition) is 0. The molecule has 0 saturated heterocycles. The van der Waals surface area contributed by atoms with Crippen LogP contribution in [0.5, 0.6) is 0 Å². The second-order valence-electron chi connectivity index (χ2n) is 14.2. The second kappa shape index (κ2) is 11.4. The number of rotatable bonds is 3. The molecule has 54 heavy (non-hydrogen) atoms. The Hall–Kier alpha value is -7.17. The van der Waals surface area contributed by atoms with Crippen LogP contribution < -0.4 is 4.90 Å². The third-order valence-corrected chi connectivity index (χ3v) is 11.4. The Morgan fingerprint density at radius 2 is 1.06 bits per heavy atom. The SMILES string of the molecule is O=C1C(=Cc2ccc3c(c2)C2(c4ccccc4-c4ccccc42)c2cc(-c4ccccn4)ccc2N3c2ccccc2)C(=O)c2cc3ccccc3cc21. The van der Waals surface area contributed by atoms with E-state index >= 15 is 0 Å². The lowest BCUT2D eigenvalue weighted by molar-refractivity contribution is 0.0990. The van der Waals surface area contributed by atoms with Crippen LogP contribution in [0.1, 0.15) is 48.5 Å². The molecule has 3 aliphatic rings. The molecule has 2 heterocycles. The number of pyridine rings is 1. The van der Waals surface area contributed by atoms with Crippen LogP contribution in [0.4, 0.5) is 17.1 Å². The molecule has 7 aromatic carbocycles. The molecule has 0 fully saturated rings. The highest BCUT2D eigenvalue weighted by molar-refractivity contribution is 6.42. The summed E-state index contributed by atoms with van der Waals surface area (Å²) < 4.78 is 0. The van der Waals surface area contributed by atoms with Gasteiger partial charge < -0.3 is 4.90 Å². The zero-order valence-corrected chi connectivity index (χ0v) is 29.0. The Morgan fingerprint density at radius 1 is 0.481 bits per heavy atom. The number of Topliss-reactive ketones (excluding diaryl/α,β-unsaturated/α-hetero) is 2. The van der Waals surface area contributed by atoms with Crippen molar-refractivity contribution in [2.75, 3.05) is 4.90 Å². The van der Waals surface area contributed by atoms with E-state index in [4.69, 9.17) is 4.98 Å². The number of hydrogen-bond acceptors (Lipinski definition) is 4. The summed E-state index contributed by atoms with van der Waals surface area (Å²) in [4.78, 5) is 35.1. The topological polar surface area (TPSA) is 50.3 Å². The normalized spacial score (nSPS) is 14.4.